The fraction of sp³-hybridized carbons (Fsp3) is 0.571. The second-order valence-electron chi connectivity index (χ2n) is 4.61. The van der Waals surface area contributed by atoms with Crippen LogP contribution in [0.5, 0.6) is 5.75 Å². The Morgan fingerprint density at radius 1 is 1.20 bits per heavy atom. The Labute approximate surface area is 117 Å². The Balaban J connectivity index is 2.36. The van der Waals surface area contributed by atoms with E-state index >= 15 is 0 Å². The predicted octanol–water partition coefficient (Wildman–Crippen LogP) is 3.49. The SMILES string of the molecule is CC(C)OCCCNCc1ccccc1OC(F)(F)F. The van der Waals surface area contributed by atoms with Crippen molar-refractivity contribution < 1.29 is 22.6 Å². The number of hydrogen-bond acceptors (Lipinski definition) is 3. The third-order valence-electron chi connectivity index (χ3n) is 2.46. The quantitative estimate of drug-likeness (QED) is 0.744. The smallest absolute Gasteiger partial charge is 0.405 e. The molecule has 3 nitrogen and oxygen atoms in total. The molecule has 20 heavy (non-hydrogen) atoms. The molecule has 0 spiro atoms. The van der Waals surface area contributed by atoms with Crippen LogP contribution in [-0.2, 0) is 11.3 Å². The maximum Gasteiger partial charge on any atom is 0.573 e. The van der Waals surface area contributed by atoms with Crippen molar-refractivity contribution in [2.75, 3.05) is 13.2 Å². The van der Waals surface area contributed by atoms with Gasteiger partial charge in [0.1, 0.15) is 5.75 Å². The first kappa shape index (κ1) is 16.8. The standard InChI is InChI=1S/C14H20F3NO2/c1-11(2)19-9-5-8-18-10-12-6-3-4-7-13(12)20-14(15,16)17/h3-4,6-7,11,18H,5,8-10H2,1-2H3. The molecule has 0 heterocycles. The zero-order chi connectivity index (χ0) is 15.0. The minimum atomic E-state index is -4.67. The highest BCUT2D eigenvalue weighted by Crippen LogP contribution is 2.25. The molecule has 0 fully saturated rings. The van der Waals surface area contributed by atoms with Gasteiger partial charge in [-0.3, -0.25) is 0 Å². The molecule has 0 aliphatic heterocycles. The first-order valence-electron chi connectivity index (χ1n) is 6.54. The summed E-state index contributed by atoms with van der Waals surface area (Å²) >= 11 is 0. The molecule has 1 aromatic rings. The van der Waals surface area contributed by atoms with Crippen molar-refractivity contribution in [1.82, 2.24) is 5.32 Å². The molecule has 0 atom stereocenters. The van der Waals surface area contributed by atoms with E-state index in [0.29, 0.717) is 25.3 Å². The van der Waals surface area contributed by atoms with Gasteiger partial charge in [-0.1, -0.05) is 18.2 Å². The average Bonchev–Trinajstić information content (AvgIpc) is 2.33. The molecule has 1 rings (SSSR count). The highest BCUT2D eigenvalue weighted by molar-refractivity contribution is 5.33. The van der Waals surface area contributed by atoms with Gasteiger partial charge in [-0.2, -0.15) is 0 Å². The Hall–Kier alpha value is -1.27. The van der Waals surface area contributed by atoms with E-state index in [1.165, 1.54) is 12.1 Å². The molecule has 1 aromatic carbocycles. The van der Waals surface area contributed by atoms with Crippen molar-refractivity contribution >= 4 is 0 Å². The lowest BCUT2D eigenvalue weighted by molar-refractivity contribution is -0.274. The van der Waals surface area contributed by atoms with E-state index < -0.39 is 6.36 Å². The Kier molecular flexibility index (Phi) is 6.81. The number of nitrogens with one attached hydrogen (secondary N) is 1. The highest BCUT2D eigenvalue weighted by Gasteiger charge is 2.31. The van der Waals surface area contributed by atoms with Gasteiger partial charge in [-0.15, -0.1) is 13.2 Å². The van der Waals surface area contributed by atoms with Gasteiger partial charge in [0.2, 0.25) is 0 Å². The molecule has 1 N–H and O–H groups in total. The number of halogens is 3. The molecule has 0 unspecified atom stereocenters. The first-order valence-corrected chi connectivity index (χ1v) is 6.54. The van der Waals surface area contributed by atoms with Gasteiger partial charge in [-0.05, 0) is 32.9 Å². The van der Waals surface area contributed by atoms with Gasteiger partial charge in [-0.25, -0.2) is 0 Å². The van der Waals surface area contributed by atoms with Crippen LogP contribution >= 0.6 is 0 Å². The summed E-state index contributed by atoms with van der Waals surface area (Å²) in [6, 6.07) is 6.12. The topological polar surface area (TPSA) is 30.5 Å². The normalized spacial score (nSPS) is 11.9. The van der Waals surface area contributed by atoms with E-state index in [0.717, 1.165) is 6.42 Å². The molecular formula is C14H20F3NO2. The predicted molar refractivity (Wildman–Crippen MR) is 70.5 cm³/mol. The van der Waals surface area contributed by atoms with Gasteiger partial charge in [0.05, 0.1) is 6.10 Å². The number of benzene rings is 1. The Morgan fingerprint density at radius 3 is 2.55 bits per heavy atom. The third kappa shape index (κ3) is 7.35. The zero-order valence-corrected chi connectivity index (χ0v) is 11.7. The van der Waals surface area contributed by atoms with Crippen molar-refractivity contribution in [2.45, 2.75) is 39.3 Å². The molecule has 0 amide bonds. The van der Waals surface area contributed by atoms with Crippen LogP contribution in [0.4, 0.5) is 13.2 Å². The maximum atomic E-state index is 12.2. The largest absolute Gasteiger partial charge is 0.573 e. The minimum Gasteiger partial charge on any atom is -0.405 e. The fourth-order valence-electron chi connectivity index (χ4n) is 1.61. The molecule has 114 valence electrons. The third-order valence-corrected chi connectivity index (χ3v) is 2.46. The molecule has 0 aromatic heterocycles. The Bertz CT molecular complexity index is 394. The number of alkyl halides is 3. The molecule has 6 heteroatoms. The summed E-state index contributed by atoms with van der Waals surface area (Å²) in [5, 5.41) is 3.07. The summed E-state index contributed by atoms with van der Waals surface area (Å²) in [4.78, 5) is 0. The van der Waals surface area contributed by atoms with Crippen molar-refractivity contribution in [2.24, 2.45) is 0 Å². The monoisotopic (exact) mass is 291 g/mol. The van der Waals surface area contributed by atoms with E-state index in [1.54, 1.807) is 12.1 Å². The Morgan fingerprint density at radius 2 is 1.90 bits per heavy atom. The zero-order valence-electron chi connectivity index (χ0n) is 11.7. The highest BCUT2D eigenvalue weighted by atomic mass is 19.4. The van der Waals surface area contributed by atoms with Gasteiger partial charge in [0, 0.05) is 18.7 Å². The lowest BCUT2D eigenvalue weighted by Gasteiger charge is -2.13. The second kappa shape index (κ2) is 8.11. The van der Waals surface area contributed by atoms with Crippen molar-refractivity contribution in [1.29, 1.82) is 0 Å². The fourth-order valence-corrected chi connectivity index (χ4v) is 1.61. The number of ether oxygens (including phenoxy) is 2. The van der Waals surface area contributed by atoms with Crippen molar-refractivity contribution in [3.63, 3.8) is 0 Å². The van der Waals surface area contributed by atoms with E-state index in [2.05, 4.69) is 10.1 Å². The van der Waals surface area contributed by atoms with Crippen molar-refractivity contribution in [3.8, 4) is 5.75 Å². The van der Waals surface area contributed by atoms with Gasteiger partial charge in [0.15, 0.2) is 0 Å². The van der Waals surface area contributed by atoms with Crippen LogP contribution in [-0.4, -0.2) is 25.6 Å². The van der Waals surface area contributed by atoms with Crippen molar-refractivity contribution in [3.05, 3.63) is 29.8 Å². The van der Waals surface area contributed by atoms with Gasteiger partial charge in [0.25, 0.3) is 0 Å². The van der Waals surface area contributed by atoms with Crippen LogP contribution in [0.25, 0.3) is 0 Å². The number of rotatable bonds is 8. The summed E-state index contributed by atoms with van der Waals surface area (Å²) in [6.07, 6.45) is -3.67. The summed E-state index contributed by atoms with van der Waals surface area (Å²) in [5.74, 6) is -0.161. The molecular weight excluding hydrogens is 271 g/mol. The molecule has 0 radical (unpaired) electrons. The molecule has 0 aliphatic carbocycles. The lowest BCUT2D eigenvalue weighted by atomic mass is 10.2. The maximum absolute atomic E-state index is 12.2. The van der Waals surface area contributed by atoms with Gasteiger partial charge < -0.3 is 14.8 Å². The summed E-state index contributed by atoms with van der Waals surface area (Å²) in [6.45, 7) is 5.54. The van der Waals surface area contributed by atoms with Crippen LogP contribution in [0, 0.1) is 0 Å². The number of para-hydroxylation sites is 1. The minimum absolute atomic E-state index is 0.161. The van der Waals surface area contributed by atoms with E-state index in [4.69, 9.17) is 4.74 Å². The summed E-state index contributed by atoms with van der Waals surface area (Å²) in [5.41, 5.74) is 0.481. The van der Waals surface area contributed by atoms with Crippen LogP contribution in [0.15, 0.2) is 24.3 Å². The van der Waals surface area contributed by atoms with Crippen LogP contribution < -0.4 is 10.1 Å². The molecule has 0 saturated heterocycles. The molecule has 0 bridgehead atoms. The van der Waals surface area contributed by atoms with E-state index in [-0.39, 0.29) is 11.9 Å². The molecule has 0 saturated carbocycles. The molecule has 0 aliphatic rings. The van der Waals surface area contributed by atoms with Crippen LogP contribution in [0.3, 0.4) is 0 Å². The van der Waals surface area contributed by atoms with E-state index in [1.807, 2.05) is 13.8 Å². The summed E-state index contributed by atoms with van der Waals surface area (Å²) in [7, 11) is 0. The first-order chi connectivity index (χ1) is 9.38. The van der Waals surface area contributed by atoms with Gasteiger partial charge >= 0.3 is 6.36 Å². The summed E-state index contributed by atoms with van der Waals surface area (Å²) < 4.78 is 46.0. The second-order valence-corrected chi connectivity index (χ2v) is 4.61. The van der Waals surface area contributed by atoms with E-state index in [9.17, 15) is 13.2 Å². The number of hydrogen-bond donors (Lipinski definition) is 1. The lowest BCUT2D eigenvalue weighted by Crippen LogP contribution is -2.21. The average molecular weight is 291 g/mol. The van der Waals surface area contributed by atoms with Crippen LogP contribution in [0.1, 0.15) is 25.8 Å². The van der Waals surface area contributed by atoms with Crippen LogP contribution in [0.2, 0.25) is 0 Å².